The van der Waals surface area contributed by atoms with Gasteiger partial charge in [0.25, 0.3) is 0 Å². The summed E-state index contributed by atoms with van der Waals surface area (Å²) in [6, 6.07) is -1.24. The van der Waals surface area contributed by atoms with E-state index in [0.29, 0.717) is 25.9 Å². The van der Waals surface area contributed by atoms with Crippen LogP contribution in [0.1, 0.15) is 33.6 Å². The summed E-state index contributed by atoms with van der Waals surface area (Å²) in [6.45, 7) is 6.14. The zero-order valence-corrected chi connectivity index (χ0v) is 11.1. The standard InChI is InChI=1S/C12H22N2O4/c1-8(2)9(10(15)16)13-11(17)14-6-4-12(3,18)5-7-14/h8-9,18H,4-7H2,1-3H3,(H,13,17)(H,15,16). The lowest BCUT2D eigenvalue weighted by Crippen LogP contribution is -2.53. The van der Waals surface area contributed by atoms with Gasteiger partial charge in [-0.15, -0.1) is 0 Å². The highest BCUT2D eigenvalue weighted by Crippen LogP contribution is 2.21. The number of nitrogens with zero attached hydrogens (tertiary/aromatic N) is 1. The van der Waals surface area contributed by atoms with Gasteiger partial charge in [-0.2, -0.15) is 0 Å². The second-order valence-corrected chi connectivity index (χ2v) is 5.49. The van der Waals surface area contributed by atoms with Gasteiger partial charge < -0.3 is 20.4 Å². The van der Waals surface area contributed by atoms with E-state index in [1.807, 2.05) is 0 Å². The van der Waals surface area contributed by atoms with Gasteiger partial charge in [-0.1, -0.05) is 13.8 Å². The molecular formula is C12H22N2O4. The molecule has 18 heavy (non-hydrogen) atoms. The van der Waals surface area contributed by atoms with Crippen LogP contribution < -0.4 is 5.32 Å². The van der Waals surface area contributed by atoms with E-state index in [9.17, 15) is 14.7 Å². The number of carbonyl (C=O) groups is 2. The van der Waals surface area contributed by atoms with Crippen molar-refractivity contribution in [1.82, 2.24) is 10.2 Å². The van der Waals surface area contributed by atoms with Crippen molar-refractivity contribution in [2.24, 2.45) is 5.92 Å². The van der Waals surface area contributed by atoms with Gasteiger partial charge in [0.05, 0.1) is 5.60 Å². The summed E-state index contributed by atoms with van der Waals surface area (Å²) in [5, 5.41) is 21.3. The number of nitrogens with one attached hydrogen (secondary N) is 1. The molecule has 1 saturated heterocycles. The average Bonchev–Trinajstić information content (AvgIpc) is 2.24. The summed E-state index contributed by atoms with van der Waals surface area (Å²) < 4.78 is 0. The molecule has 2 amide bonds. The predicted octanol–water partition coefficient (Wildman–Crippen LogP) is 0.652. The van der Waals surface area contributed by atoms with E-state index in [4.69, 9.17) is 5.11 Å². The summed E-state index contributed by atoms with van der Waals surface area (Å²) in [6.07, 6.45) is 1.03. The normalized spacial score (nSPS) is 20.6. The Labute approximate surface area is 107 Å². The van der Waals surface area contributed by atoms with E-state index in [2.05, 4.69) is 5.32 Å². The Morgan fingerprint density at radius 3 is 2.17 bits per heavy atom. The molecule has 1 heterocycles. The van der Waals surface area contributed by atoms with Crippen LogP contribution in [0.4, 0.5) is 4.79 Å². The van der Waals surface area contributed by atoms with Crippen LogP contribution in [0.15, 0.2) is 0 Å². The molecule has 1 atom stereocenters. The topological polar surface area (TPSA) is 89.9 Å². The van der Waals surface area contributed by atoms with Crippen molar-refractivity contribution in [3.05, 3.63) is 0 Å². The van der Waals surface area contributed by atoms with E-state index >= 15 is 0 Å². The lowest BCUT2D eigenvalue weighted by molar-refractivity contribution is -0.140. The fraction of sp³-hybridized carbons (Fsp3) is 0.833. The van der Waals surface area contributed by atoms with Crippen LogP contribution in [-0.2, 0) is 4.79 Å². The van der Waals surface area contributed by atoms with Crippen LogP contribution in [0.5, 0.6) is 0 Å². The second-order valence-electron chi connectivity index (χ2n) is 5.49. The van der Waals surface area contributed by atoms with Crippen molar-refractivity contribution in [2.45, 2.75) is 45.3 Å². The van der Waals surface area contributed by atoms with E-state index < -0.39 is 17.6 Å². The lowest BCUT2D eigenvalue weighted by atomic mass is 9.94. The monoisotopic (exact) mass is 258 g/mol. The molecule has 0 aromatic rings. The number of amides is 2. The Kier molecular flexibility index (Phi) is 4.56. The molecule has 6 nitrogen and oxygen atoms in total. The molecule has 104 valence electrons. The Balaban J connectivity index is 2.53. The van der Waals surface area contributed by atoms with Gasteiger partial charge >= 0.3 is 12.0 Å². The molecule has 1 rings (SSSR count). The average molecular weight is 258 g/mol. The molecule has 0 aromatic carbocycles. The van der Waals surface area contributed by atoms with Crippen LogP contribution in [0.3, 0.4) is 0 Å². The summed E-state index contributed by atoms with van der Waals surface area (Å²) in [4.78, 5) is 24.4. The molecule has 1 aliphatic heterocycles. The smallest absolute Gasteiger partial charge is 0.326 e. The number of hydrogen-bond donors (Lipinski definition) is 3. The molecule has 0 saturated carbocycles. The molecule has 1 fully saturated rings. The van der Waals surface area contributed by atoms with Crippen LogP contribution in [0, 0.1) is 5.92 Å². The highest BCUT2D eigenvalue weighted by Gasteiger charge is 2.31. The summed E-state index contributed by atoms with van der Waals surface area (Å²) in [5.41, 5.74) is -0.721. The Morgan fingerprint density at radius 1 is 1.28 bits per heavy atom. The molecule has 6 heteroatoms. The highest BCUT2D eigenvalue weighted by atomic mass is 16.4. The molecule has 0 bridgehead atoms. The quantitative estimate of drug-likeness (QED) is 0.693. The van der Waals surface area contributed by atoms with Gasteiger partial charge in [-0.3, -0.25) is 0 Å². The molecule has 3 N–H and O–H groups in total. The first-order valence-corrected chi connectivity index (χ1v) is 6.23. The number of urea groups is 1. The molecular weight excluding hydrogens is 236 g/mol. The van der Waals surface area contributed by atoms with Crippen LogP contribution >= 0.6 is 0 Å². The van der Waals surface area contributed by atoms with Crippen molar-refractivity contribution in [2.75, 3.05) is 13.1 Å². The molecule has 1 aliphatic rings. The number of carbonyl (C=O) groups excluding carboxylic acids is 1. The van der Waals surface area contributed by atoms with E-state index in [-0.39, 0.29) is 11.9 Å². The summed E-state index contributed by atoms with van der Waals surface area (Å²) >= 11 is 0. The first-order chi connectivity index (χ1) is 8.23. The van der Waals surface area contributed by atoms with Crippen molar-refractivity contribution in [3.63, 3.8) is 0 Å². The molecule has 1 unspecified atom stereocenters. The minimum absolute atomic E-state index is 0.167. The maximum atomic E-state index is 11.9. The first-order valence-electron chi connectivity index (χ1n) is 6.23. The maximum Gasteiger partial charge on any atom is 0.326 e. The van der Waals surface area contributed by atoms with Gasteiger partial charge in [0.15, 0.2) is 0 Å². The van der Waals surface area contributed by atoms with E-state index in [0.717, 1.165) is 0 Å². The number of aliphatic hydroxyl groups is 1. The van der Waals surface area contributed by atoms with Gasteiger partial charge in [0.2, 0.25) is 0 Å². The number of piperidine rings is 1. The zero-order valence-electron chi connectivity index (χ0n) is 11.1. The largest absolute Gasteiger partial charge is 0.480 e. The Morgan fingerprint density at radius 2 is 1.78 bits per heavy atom. The van der Waals surface area contributed by atoms with Crippen molar-refractivity contribution >= 4 is 12.0 Å². The number of carboxylic acids is 1. The highest BCUT2D eigenvalue weighted by molar-refractivity contribution is 5.82. The zero-order chi connectivity index (χ0) is 13.9. The van der Waals surface area contributed by atoms with Gasteiger partial charge in [-0.25, -0.2) is 9.59 Å². The SMILES string of the molecule is CC(C)C(NC(=O)N1CCC(C)(O)CC1)C(=O)O. The van der Waals surface area contributed by atoms with Crippen molar-refractivity contribution in [3.8, 4) is 0 Å². The molecule has 0 aliphatic carbocycles. The van der Waals surface area contributed by atoms with E-state index in [1.165, 1.54) is 0 Å². The minimum atomic E-state index is -1.03. The third-order valence-corrected chi connectivity index (χ3v) is 3.34. The Bertz CT molecular complexity index is 318. The fourth-order valence-corrected chi connectivity index (χ4v) is 1.93. The number of carboxylic acid groups (broad SMARTS) is 1. The van der Waals surface area contributed by atoms with Gasteiger partial charge in [-0.05, 0) is 25.7 Å². The van der Waals surface area contributed by atoms with Gasteiger partial charge in [0.1, 0.15) is 6.04 Å². The predicted molar refractivity (Wildman–Crippen MR) is 66.2 cm³/mol. The minimum Gasteiger partial charge on any atom is -0.480 e. The van der Waals surface area contributed by atoms with Crippen molar-refractivity contribution < 1.29 is 19.8 Å². The maximum absolute atomic E-state index is 11.9. The molecule has 0 aromatic heterocycles. The third kappa shape index (κ3) is 3.87. The molecule has 0 spiro atoms. The lowest BCUT2D eigenvalue weighted by Gasteiger charge is -2.36. The van der Waals surface area contributed by atoms with Crippen molar-refractivity contribution in [1.29, 1.82) is 0 Å². The first kappa shape index (κ1) is 14.8. The fourth-order valence-electron chi connectivity index (χ4n) is 1.93. The number of aliphatic carboxylic acids is 1. The van der Waals surface area contributed by atoms with Crippen LogP contribution in [0.25, 0.3) is 0 Å². The number of likely N-dealkylation sites (tertiary alicyclic amines) is 1. The summed E-state index contributed by atoms with van der Waals surface area (Å²) in [7, 11) is 0. The number of hydrogen-bond acceptors (Lipinski definition) is 3. The molecule has 0 radical (unpaired) electrons. The third-order valence-electron chi connectivity index (χ3n) is 3.34. The van der Waals surface area contributed by atoms with Crippen LogP contribution in [0.2, 0.25) is 0 Å². The Hall–Kier alpha value is -1.30. The summed E-state index contributed by atoms with van der Waals surface area (Å²) in [5.74, 6) is -1.19. The number of rotatable bonds is 3. The van der Waals surface area contributed by atoms with E-state index in [1.54, 1.807) is 25.7 Å². The van der Waals surface area contributed by atoms with Crippen LogP contribution in [-0.4, -0.2) is 51.8 Å². The van der Waals surface area contributed by atoms with Gasteiger partial charge in [0, 0.05) is 13.1 Å². The second kappa shape index (κ2) is 5.56.